The van der Waals surface area contributed by atoms with E-state index in [-0.39, 0.29) is 4.46 Å². The molecule has 0 radical (unpaired) electrons. The third-order valence-electron chi connectivity index (χ3n) is 2.12. The molecule has 94 valence electrons. The quantitative estimate of drug-likeness (QED) is 0.731. The maximum absolute atomic E-state index is 11.9. The molecular formula is C12H10O4Se2. The summed E-state index contributed by atoms with van der Waals surface area (Å²) in [6, 6.07) is 16.1. The third-order valence-corrected chi connectivity index (χ3v) is 9.22. The second-order valence-corrected chi connectivity index (χ2v) is 10.0. The molecule has 0 saturated heterocycles. The van der Waals surface area contributed by atoms with Gasteiger partial charge in [-0.1, -0.05) is 0 Å². The van der Waals surface area contributed by atoms with E-state index in [9.17, 15) is 11.5 Å². The summed E-state index contributed by atoms with van der Waals surface area (Å²) in [6.45, 7) is 0. The van der Waals surface area contributed by atoms with Gasteiger partial charge in [0.15, 0.2) is 0 Å². The molecule has 0 aliphatic heterocycles. The average molecular weight is 376 g/mol. The minimum atomic E-state index is -4.78. The van der Waals surface area contributed by atoms with Crippen molar-refractivity contribution in [3.05, 3.63) is 60.7 Å². The fraction of sp³-hybridized carbons (Fsp3) is 0. The Balaban J connectivity index is 2.23. The Bertz CT molecular complexity index is 636. The molecule has 4 nitrogen and oxygen atoms in total. The third kappa shape index (κ3) is 3.19. The van der Waals surface area contributed by atoms with E-state index in [1.54, 1.807) is 48.5 Å². The Morgan fingerprint density at radius 1 is 0.833 bits per heavy atom. The molecule has 0 aliphatic rings. The number of hydrogen-bond donors (Lipinski definition) is 0. The zero-order valence-corrected chi connectivity index (χ0v) is 12.6. The van der Waals surface area contributed by atoms with Crippen LogP contribution in [0.15, 0.2) is 60.7 Å². The molecule has 0 spiro atoms. The predicted molar refractivity (Wildman–Crippen MR) is 66.8 cm³/mol. The minimum absolute atomic E-state index is 0.0780. The SMILES string of the molecule is O=[Se](O[Se](=O)(=O)c1ccccc1)c1ccccc1. The van der Waals surface area contributed by atoms with Crippen molar-refractivity contribution in [3.63, 3.8) is 0 Å². The van der Waals surface area contributed by atoms with E-state index in [4.69, 9.17) is 2.90 Å². The summed E-state index contributed by atoms with van der Waals surface area (Å²) >= 11 is -7.79. The normalized spacial score (nSPS) is 13.1. The van der Waals surface area contributed by atoms with E-state index in [2.05, 4.69) is 0 Å². The summed E-state index contributed by atoms with van der Waals surface area (Å²) in [4.78, 5) is 0. The van der Waals surface area contributed by atoms with Gasteiger partial charge in [0, 0.05) is 0 Å². The summed E-state index contributed by atoms with van der Waals surface area (Å²) in [6.07, 6.45) is 0. The molecule has 6 heteroatoms. The molecule has 0 bridgehead atoms. The molecule has 2 rings (SSSR count). The first kappa shape index (κ1) is 13.3. The summed E-state index contributed by atoms with van der Waals surface area (Å²) in [7, 11) is 0. The maximum atomic E-state index is 11.9. The van der Waals surface area contributed by atoms with Crippen LogP contribution in [0.2, 0.25) is 0 Å². The molecule has 0 aliphatic carbocycles. The van der Waals surface area contributed by atoms with Crippen molar-refractivity contribution in [3.8, 4) is 0 Å². The second-order valence-electron chi connectivity index (χ2n) is 3.38. The summed E-state index contributed by atoms with van der Waals surface area (Å²) in [5.74, 6) is 0. The summed E-state index contributed by atoms with van der Waals surface area (Å²) in [5, 5.41) is 0. The Labute approximate surface area is 111 Å². The van der Waals surface area contributed by atoms with Gasteiger partial charge in [-0.15, -0.1) is 0 Å². The molecule has 0 amide bonds. The van der Waals surface area contributed by atoms with Gasteiger partial charge in [0.2, 0.25) is 0 Å². The van der Waals surface area contributed by atoms with Crippen molar-refractivity contribution in [2.75, 3.05) is 0 Å². The number of benzene rings is 2. The molecule has 0 fully saturated rings. The van der Waals surface area contributed by atoms with Crippen LogP contribution >= 0.6 is 0 Å². The van der Waals surface area contributed by atoms with E-state index in [1.165, 1.54) is 12.1 Å². The van der Waals surface area contributed by atoms with Gasteiger partial charge in [0.25, 0.3) is 0 Å². The van der Waals surface area contributed by atoms with Gasteiger partial charge in [-0.3, -0.25) is 0 Å². The fourth-order valence-corrected chi connectivity index (χ4v) is 7.26. The standard InChI is InChI=1S/C12H10O4Se2/c13-17(11-7-3-1-4-8-11)16-18(14,15)12-9-5-2-6-10-12/h1-10H. The Morgan fingerprint density at radius 3 is 1.89 bits per heavy atom. The van der Waals surface area contributed by atoms with Crippen LogP contribution in [-0.2, 0) is 14.4 Å². The Morgan fingerprint density at radius 2 is 1.33 bits per heavy atom. The van der Waals surface area contributed by atoms with Gasteiger partial charge in [-0.05, 0) is 0 Å². The second kappa shape index (κ2) is 5.65. The first-order chi connectivity index (χ1) is 8.59. The van der Waals surface area contributed by atoms with E-state index in [0.717, 1.165) is 0 Å². The van der Waals surface area contributed by atoms with Gasteiger partial charge in [-0.25, -0.2) is 0 Å². The van der Waals surface area contributed by atoms with Crippen LogP contribution in [-0.4, -0.2) is 27.2 Å². The zero-order chi connectivity index (χ0) is 13.0. The monoisotopic (exact) mass is 378 g/mol. The van der Waals surface area contributed by atoms with E-state index >= 15 is 0 Å². The zero-order valence-electron chi connectivity index (χ0n) is 9.22. The molecule has 1 atom stereocenters. The first-order valence-corrected chi connectivity index (χ1v) is 10.3. The van der Waals surface area contributed by atoms with Crippen LogP contribution in [0.3, 0.4) is 0 Å². The van der Waals surface area contributed by atoms with Gasteiger partial charge < -0.3 is 0 Å². The molecular weight excluding hydrogens is 366 g/mol. The van der Waals surface area contributed by atoms with Crippen molar-refractivity contribution in [1.82, 2.24) is 0 Å². The van der Waals surface area contributed by atoms with Crippen molar-refractivity contribution in [2.45, 2.75) is 0 Å². The van der Waals surface area contributed by atoms with Gasteiger partial charge in [0.05, 0.1) is 0 Å². The average Bonchev–Trinajstić information content (AvgIpc) is 2.40. The van der Waals surface area contributed by atoms with Crippen molar-refractivity contribution in [1.29, 1.82) is 0 Å². The van der Waals surface area contributed by atoms with Crippen LogP contribution in [0.25, 0.3) is 0 Å². The molecule has 2 aromatic rings. The first-order valence-electron chi connectivity index (χ1n) is 5.06. The summed E-state index contributed by atoms with van der Waals surface area (Å²) < 4.78 is 41.0. The molecule has 18 heavy (non-hydrogen) atoms. The van der Waals surface area contributed by atoms with E-state index in [1.807, 2.05) is 0 Å². The molecule has 0 saturated carbocycles. The topological polar surface area (TPSA) is 60.4 Å². The van der Waals surface area contributed by atoms with Crippen molar-refractivity contribution in [2.24, 2.45) is 0 Å². The fourth-order valence-electron chi connectivity index (χ4n) is 1.28. The molecule has 2 aromatic carbocycles. The number of hydrogen-bond acceptors (Lipinski definition) is 4. The van der Waals surface area contributed by atoms with Gasteiger partial charge in [-0.2, -0.15) is 0 Å². The van der Waals surface area contributed by atoms with Crippen LogP contribution in [0, 0.1) is 0 Å². The summed E-state index contributed by atoms with van der Waals surface area (Å²) in [5.41, 5.74) is 0. The van der Waals surface area contributed by atoms with E-state index in [0.29, 0.717) is 4.46 Å². The van der Waals surface area contributed by atoms with Crippen molar-refractivity contribution >= 4 is 36.1 Å². The molecule has 0 aromatic heterocycles. The van der Waals surface area contributed by atoms with Crippen molar-refractivity contribution < 1.29 is 14.4 Å². The van der Waals surface area contributed by atoms with Gasteiger partial charge in [0.1, 0.15) is 0 Å². The Hall–Kier alpha value is -1.16. The Kier molecular flexibility index (Phi) is 4.17. The van der Waals surface area contributed by atoms with Crippen LogP contribution in [0.4, 0.5) is 0 Å². The molecule has 1 unspecified atom stereocenters. The van der Waals surface area contributed by atoms with Gasteiger partial charge >= 0.3 is 111 Å². The van der Waals surface area contributed by atoms with Crippen LogP contribution in [0.1, 0.15) is 0 Å². The van der Waals surface area contributed by atoms with Crippen LogP contribution < -0.4 is 8.92 Å². The molecule has 0 heterocycles. The van der Waals surface area contributed by atoms with E-state index < -0.39 is 27.2 Å². The number of rotatable bonds is 4. The van der Waals surface area contributed by atoms with Crippen LogP contribution in [0.5, 0.6) is 0 Å². The molecule has 0 N–H and O–H groups in total. The predicted octanol–water partition coefficient (Wildman–Crippen LogP) is 0.536.